The maximum atomic E-state index is 12.4. The Bertz CT molecular complexity index is 370. The molecule has 0 unspecified atom stereocenters. The molecule has 1 N–H and O–H groups in total. The van der Waals surface area contributed by atoms with E-state index in [1.165, 1.54) is 6.92 Å². The Balaban J connectivity index is 3.16. The lowest BCUT2D eigenvalue weighted by atomic mass is 10.2. The first-order valence-corrected chi connectivity index (χ1v) is 4.80. The van der Waals surface area contributed by atoms with Crippen molar-refractivity contribution in [3.05, 3.63) is 15.8 Å². The molecule has 0 spiro atoms. The normalized spacial score (nSPS) is 11.5. The van der Waals surface area contributed by atoms with E-state index in [0.29, 0.717) is 0 Å². The molecule has 0 aliphatic rings. The molecule has 7 heteroatoms. The van der Waals surface area contributed by atoms with E-state index in [9.17, 15) is 18.0 Å². The summed E-state index contributed by atoms with van der Waals surface area (Å²) in [6.07, 6.45) is -4.66. The van der Waals surface area contributed by atoms with E-state index in [2.05, 4.69) is 4.74 Å². The largest absolute Gasteiger partial charge is 0.506 e. The molecule has 0 fully saturated rings. The van der Waals surface area contributed by atoms with Gasteiger partial charge in [-0.2, -0.15) is 13.2 Å². The van der Waals surface area contributed by atoms with Gasteiger partial charge in [0.25, 0.3) is 0 Å². The minimum atomic E-state index is -4.66. The number of rotatable bonds is 2. The van der Waals surface area contributed by atoms with Crippen LogP contribution in [0.3, 0.4) is 0 Å². The van der Waals surface area contributed by atoms with E-state index >= 15 is 0 Å². The van der Waals surface area contributed by atoms with Crippen LogP contribution in [-0.2, 0) is 10.9 Å². The smallest absolute Gasteiger partial charge is 0.426 e. The third-order valence-corrected chi connectivity index (χ3v) is 2.52. The Morgan fingerprint density at radius 2 is 2.20 bits per heavy atom. The molecule has 84 valence electrons. The van der Waals surface area contributed by atoms with Crippen LogP contribution in [0.25, 0.3) is 0 Å². The minimum absolute atomic E-state index is 0.0502. The van der Waals surface area contributed by atoms with Gasteiger partial charge in [0.15, 0.2) is 0 Å². The molecule has 0 atom stereocenters. The van der Waals surface area contributed by atoms with Crippen LogP contribution >= 0.6 is 11.3 Å². The third-order valence-electron chi connectivity index (χ3n) is 1.51. The van der Waals surface area contributed by atoms with Crippen LogP contribution in [0.4, 0.5) is 13.2 Å². The van der Waals surface area contributed by atoms with Gasteiger partial charge in [-0.25, -0.2) is 4.79 Å². The van der Waals surface area contributed by atoms with Crippen molar-refractivity contribution in [2.75, 3.05) is 6.61 Å². The summed E-state index contributed by atoms with van der Waals surface area (Å²) >= 11 is 0.261. The van der Waals surface area contributed by atoms with E-state index in [-0.39, 0.29) is 17.9 Å². The van der Waals surface area contributed by atoms with Crippen molar-refractivity contribution >= 4 is 17.3 Å². The van der Waals surface area contributed by atoms with E-state index in [1.54, 1.807) is 0 Å². The highest BCUT2D eigenvalue weighted by atomic mass is 32.1. The molecule has 0 saturated carbocycles. The van der Waals surface area contributed by atoms with E-state index in [0.717, 1.165) is 5.38 Å². The topological polar surface area (TPSA) is 46.5 Å². The Morgan fingerprint density at radius 1 is 1.60 bits per heavy atom. The average Bonchev–Trinajstić information content (AvgIpc) is 2.46. The van der Waals surface area contributed by atoms with E-state index in [1.807, 2.05) is 0 Å². The lowest BCUT2D eigenvalue weighted by molar-refractivity contribution is -0.134. The van der Waals surface area contributed by atoms with Gasteiger partial charge in [-0.1, -0.05) is 0 Å². The van der Waals surface area contributed by atoms with Crippen LogP contribution in [0.1, 0.15) is 22.2 Å². The summed E-state index contributed by atoms with van der Waals surface area (Å²) in [6.45, 7) is 1.42. The molecular formula is C8H7F3O3S. The summed E-state index contributed by atoms with van der Waals surface area (Å²) in [6, 6.07) is 0. The van der Waals surface area contributed by atoms with Crippen molar-refractivity contribution in [2.45, 2.75) is 13.1 Å². The van der Waals surface area contributed by atoms with E-state index in [4.69, 9.17) is 5.11 Å². The second-order valence-electron chi connectivity index (χ2n) is 2.54. The fraction of sp³-hybridized carbons (Fsp3) is 0.375. The van der Waals surface area contributed by atoms with Crippen LogP contribution in [0, 0.1) is 0 Å². The fourth-order valence-electron chi connectivity index (χ4n) is 0.958. The molecule has 1 heterocycles. The first kappa shape index (κ1) is 11.8. The monoisotopic (exact) mass is 240 g/mol. The fourth-order valence-corrected chi connectivity index (χ4v) is 1.74. The average molecular weight is 240 g/mol. The third kappa shape index (κ3) is 2.41. The number of alkyl halides is 3. The van der Waals surface area contributed by atoms with Crippen molar-refractivity contribution in [3.63, 3.8) is 0 Å². The molecule has 0 aliphatic heterocycles. The zero-order valence-electron chi connectivity index (χ0n) is 7.59. The Morgan fingerprint density at radius 3 is 2.67 bits per heavy atom. The summed E-state index contributed by atoms with van der Waals surface area (Å²) in [4.78, 5) is 9.98. The molecule has 15 heavy (non-hydrogen) atoms. The van der Waals surface area contributed by atoms with Crippen molar-refractivity contribution in [2.24, 2.45) is 0 Å². The molecule has 0 aromatic carbocycles. The Kier molecular flexibility index (Phi) is 3.23. The lowest BCUT2D eigenvalue weighted by Gasteiger charge is -2.07. The summed E-state index contributed by atoms with van der Waals surface area (Å²) in [7, 11) is 0. The number of hydrogen-bond donors (Lipinski definition) is 1. The molecule has 0 amide bonds. The zero-order chi connectivity index (χ0) is 11.6. The van der Waals surface area contributed by atoms with Gasteiger partial charge in [0.1, 0.15) is 16.2 Å². The summed E-state index contributed by atoms with van der Waals surface area (Å²) in [5.74, 6) is -1.87. The van der Waals surface area contributed by atoms with Gasteiger partial charge >= 0.3 is 12.1 Å². The second-order valence-corrected chi connectivity index (χ2v) is 3.42. The highest BCUT2D eigenvalue weighted by molar-refractivity contribution is 7.10. The first-order chi connectivity index (χ1) is 6.88. The number of carbonyl (C=O) groups is 1. The van der Waals surface area contributed by atoms with E-state index < -0.39 is 28.3 Å². The van der Waals surface area contributed by atoms with Gasteiger partial charge in [-0.3, -0.25) is 0 Å². The first-order valence-electron chi connectivity index (χ1n) is 3.92. The second kappa shape index (κ2) is 4.09. The number of carbonyl (C=O) groups excluding carboxylic acids is 1. The van der Waals surface area contributed by atoms with Crippen LogP contribution < -0.4 is 0 Å². The molecule has 0 saturated heterocycles. The number of aromatic hydroxyl groups is 1. The number of hydrogen-bond acceptors (Lipinski definition) is 4. The Hall–Kier alpha value is -1.24. The molecule has 1 aromatic heterocycles. The SMILES string of the molecule is CCOC(=O)c1c(O)csc1C(F)(F)F. The van der Waals surface area contributed by atoms with Crippen molar-refractivity contribution in [3.8, 4) is 5.75 Å². The van der Waals surface area contributed by atoms with Gasteiger partial charge in [-0.15, -0.1) is 11.3 Å². The molecule has 0 radical (unpaired) electrons. The zero-order valence-corrected chi connectivity index (χ0v) is 8.41. The standard InChI is InChI=1S/C8H7F3O3S/c1-2-14-7(13)5-4(12)3-15-6(5)8(9,10)11/h3,12H,2H2,1H3. The number of halogens is 3. The van der Waals surface area contributed by atoms with Crippen LogP contribution in [-0.4, -0.2) is 17.7 Å². The molecule has 3 nitrogen and oxygen atoms in total. The summed E-state index contributed by atoms with van der Waals surface area (Å²) in [5, 5.41) is 9.96. The summed E-state index contributed by atoms with van der Waals surface area (Å²) < 4.78 is 41.5. The number of thiophene rings is 1. The molecule has 1 aromatic rings. The molecule has 0 bridgehead atoms. The van der Waals surface area contributed by atoms with Crippen molar-refractivity contribution < 1.29 is 27.8 Å². The lowest BCUT2D eigenvalue weighted by Crippen LogP contribution is -2.12. The maximum absolute atomic E-state index is 12.4. The van der Waals surface area contributed by atoms with Gasteiger partial charge in [0, 0.05) is 5.38 Å². The predicted octanol–water partition coefficient (Wildman–Crippen LogP) is 2.65. The summed E-state index contributed by atoms with van der Waals surface area (Å²) in [5.41, 5.74) is -0.811. The molecule has 0 aliphatic carbocycles. The van der Waals surface area contributed by atoms with Crippen molar-refractivity contribution in [1.82, 2.24) is 0 Å². The van der Waals surface area contributed by atoms with Gasteiger partial charge in [0.2, 0.25) is 0 Å². The van der Waals surface area contributed by atoms with Crippen molar-refractivity contribution in [1.29, 1.82) is 0 Å². The van der Waals surface area contributed by atoms with Gasteiger partial charge in [-0.05, 0) is 6.92 Å². The molecular weight excluding hydrogens is 233 g/mol. The van der Waals surface area contributed by atoms with Crippen LogP contribution in [0.2, 0.25) is 0 Å². The number of esters is 1. The van der Waals surface area contributed by atoms with Gasteiger partial charge < -0.3 is 9.84 Å². The highest BCUT2D eigenvalue weighted by Crippen LogP contribution is 2.40. The predicted molar refractivity (Wildman–Crippen MR) is 46.9 cm³/mol. The maximum Gasteiger partial charge on any atom is 0.426 e. The molecule has 1 rings (SSSR count). The quantitative estimate of drug-likeness (QED) is 0.808. The van der Waals surface area contributed by atoms with Crippen LogP contribution in [0.15, 0.2) is 5.38 Å². The Labute approximate surface area is 87.1 Å². The van der Waals surface area contributed by atoms with Crippen LogP contribution in [0.5, 0.6) is 5.75 Å². The van der Waals surface area contributed by atoms with Gasteiger partial charge in [0.05, 0.1) is 6.61 Å². The number of ether oxygens (including phenoxy) is 1. The minimum Gasteiger partial charge on any atom is -0.506 e. The highest BCUT2D eigenvalue weighted by Gasteiger charge is 2.39.